The number of fused-ring (bicyclic) bond motifs is 2. The number of rotatable bonds is 6. The Morgan fingerprint density at radius 3 is 2.73 bits per heavy atom. The molecule has 2 N–H and O–H groups in total. The van der Waals surface area contributed by atoms with Crippen molar-refractivity contribution < 1.29 is 9.53 Å². The van der Waals surface area contributed by atoms with E-state index in [-0.39, 0.29) is 5.91 Å². The summed E-state index contributed by atoms with van der Waals surface area (Å²) in [6, 6.07) is 15.1. The van der Waals surface area contributed by atoms with Crippen LogP contribution in [0.5, 0.6) is 11.5 Å². The highest BCUT2D eigenvalue weighted by Crippen LogP contribution is 2.30. The number of imidazole rings is 1. The van der Waals surface area contributed by atoms with Crippen LogP contribution in [0.4, 0.5) is 17.2 Å². The average molecular weight is 492 g/mol. The molecule has 9 heteroatoms. The molecule has 0 aliphatic carbocycles. The number of nitrogens with one attached hydrogen (secondary N) is 2. The Balaban J connectivity index is 1.34. The second-order valence-electron chi connectivity index (χ2n) is 8.71. The number of hydrogen-bond donors (Lipinski definition) is 2. The second-order valence-corrected chi connectivity index (χ2v) is 8.71. The van der Waals surface area contributed by atoms with E-state index in [1.165, 1.54) is 6.33 Å². The second kappa shape index (κ2) is 10.4. The predicted octanol–water partition coefficient (Wildman–Crippen LogP) is 4.63. The lowest BCUT2D eigenvalue weighted by Crippen LogP contribution is -2.13. The van der Waals surface area contributed by atoms with E-state index in [2.05, 4.69) is 37.4 Å². The van der Waals surface area contributed by atoms with Crippen molar-refractivity contribution in [1.82, 2.24) is 24.3 Å². The lowest BCUT2D eigenvalue weighted by atomic mass is 10.1. The normalized spacial score (nSPS) is 10.8. The fourth-order valence-electron chi connectivity index (χ4n) is 3.73. The fourth-order valence-corrected chi connectivity index (χ4v) is 3.73. The van der Waals surface area contributed by atoms with E-state index in [1.807, 2.05) is 85.2 Å². The molecule has 0 aliphatic rings. The number of aromatic nitrogens is 4. The third-order valence-electron chi connectivity index (χ3n) is 5.53. The van der Waals surface area contributed by atoms with Gasteiger partial charge >= 0.3 is 0 Å². The minimum absolute atomic E-state index is 0.370. The molecule has 0 aliphatic heterocycles. The van der Waals surface area contributed by atoms with Crippen LogP contribution in [0.3, 0.4) is 0 Å². The Labute approximate surface area is 214 Å². The minimum Gasteiger partial charge on any atom is -0.457 e. The van der Waals surface area contributed by atoms with Gasteiger partial charge in [-0.25, -0.2) is 15.0 Å². The Morgan fingerprint density at radius 2 is 1.89 bits per heavy atom. The molecule has 37 heavy (non-hydrogen) atoms. The maximum atomic E-state index is 12.2. The molecule has 0 spiro atoms. The van der Waals surface area contributed by atoms with Crippen molar-refractivity contribution in [3.8, 4) is 23.3 Å². The molecular weight excluding hydrogens is 466 g/mol. The number of hydrogen-bond acceptors (Lipinski definition) is 7. The molecule has 3 aromatic heterocycles. The van der Waals surface area contributed by atoms with Crippen LogP contribution in [-0.4, -0.2) is 50.8 Å². The van der Waals surface area contributed by atoms with E-state index in [1.54, 1.807) is 12.3 Å². The van der Waals surface area contributed by atoms with Gasteiger partial charge in [0.15, 0.2) is 0 Å². The van der Waals surface area contributed by atoms with Crippen LogP contribution in [0.1, 0.15) is 5.56 Å². The Kier molecular flexibility index (Phi) is 6.66. The molecule has 5 aromatic rings. The number of ether oxygens (including phenoxy) is 1. The highest BCUT2D eigenvalue weighted by atomic mass is 16.5. The number of aryl methyl sites for hydroxylation is 1. The molecule has 5 rings (SSSR count). The zero-order valence-electron chi connectivity index (χ0n) is 20.7. The van der Waals surface area contributed by atoms with Crippen molar-refractivity contribution in [3.05, 3.63) is 79.0 Å². The third kappa shape index (κ3) is 5.66. The number of pyridine rings is 1. The van der Waals surface area contributed by atoms with Crippen LogP contribution < -0.4 is 15.4 Å². The van der Waals surface area contributed by atoms with E-state index in [0.717, 1.165) is 33.6 Å². The SMILES string of the molecule is Cc1cc(Nc2ncnc3ccc(NC(=O)C#CCN(C)C)cc23)ccc1Oc1ccn2ccnc2c1. The van der Waals surface area contributed by atoms with Gasteiger partial charge in [-0.15, -0.1) is 0 Å². The summed E-state index contributed by atoms with van der Waals surface area (Å²) in [5.74, 6) is 7.14. The first kappa shape index (κ1) is 23.8. The highest BCUT2D eigenvalue weighted by molar-refractivity contribution is 6.05. The van der Waals surface area contributed by atoms with Gasteiger partial charge in [-0.1, -0.05) is 5.92 Å². The van der Waals surface area contributed by atoms with Gasteiger partial charge in [-0.3, -0.25) is 9.69 Å². The third-order valence-corrected chi connectivity index (χ3v) is 5.53. The molecule has 0 radical (unpaired) electrons. The molecule has 0 fully saturated rings. The summed E-state index contributed by atoms with van der Waals surface area (Å²) in [6.45, 7) is 2.49. The first-order valence-electron chi connectivity index (χ1n) is 11.6. The van der Waals surface area contributed by atoms with Crippen LogP contribution in [0.25, 0.3) is 16.6 Å². The largest absolute Gasteiger partial charge is 0.457 e. The van der Waals surface area contributed by atoms with Gasteiger partial charge in [0.05, 0.1) is 12.1 Å². The van der Waals surface area contributed by atoms with Crippen molar-refractivity contribution in [2.75, 3.05) is 31.3 Å². The van der Waals surface area contributed by atoms with Crippen LogP contribution in [-0.2, 0) is 4.79 Å². The number of carbonyl (C=O) groups excluding carboxylic acids is 1. The van der Waals surface area contributed by atoms with Gasteiger partial charge in [0.2, 0.25) is 0 Å². The monoisotopic (exact) mass is 491 g/mol. The van der Waals surface area contributed by atoms with Gasteiger partial charge in [0, 0.05) is 41.4 Å². The smallest absolute Gasteiger partial charge is 0.300 e. The minimum atomic E-state index is -0.370. The molecule has 184 valence electrons. The molecule has 0 atom stereocenters. The van der Waals surface area contributed by atoms with Gasteiger partial charge in [-0.2, -0.15) is 0 Å². The first-order valence-corrected chi connectivity index (χ1v) is 11.6. The Morgan fingerprint density at radius 1 is 1.03 bits per heavy atom. The van der Waals surface area contributed by atoms with Gasteiger partial charge in [0.25, 0.3) is 5.91 Å². The van der Waals surface area contributed by atoms with Gasteiger partial charge in [-0.05, 0) is 75.0 Å². The Hall–Kier alpha value is -4.94. The van der Waals surface area contributed by atoms with Gasteiger partial charge < -0.3 is 19.8 Å². The summed E-state index contributed by atoms with van der Waals surface area (Å²) in [7, 11) is 3.79. The summed E-state index contributed by atoms with van der Waals surface area (Å²) in [4.78, 5) is 27.2. The van der Waals surface area contributed by atoms with Crippen molar-refractivity contribution in [2.45, 2.75) is 6.92 Å². The quantitative estimate of drug-likeness (QED) is 0.335. The molecule has 0 saturated heterocycles. The fraction of sp³-hybridized carbons (Fsp3) is 0.143. The standard InChI is InChI=1S/C28H25N7O2/c1-19-15-20(7-9-25(19)37-22-10-13-35-14-11-29-26(35)17-22)33-28-23-16-21(6-8-24(23)30-18-31-28)32-27(36)5-4-12-34(2)3/h6-11,13-18H,12H2,1-3H3,(H,32,36)(H,30,31,33). The molecule has 3 heterocycles. The number of benzene rings is 2. The van der Waals surface area contributed by atoms with Crippen molar-refractivity contribution in [3.63, 3.8) is 0 Å². The number of nitrogens with zero attached hydrogens (tertiary/aromatic N) is 5. The summed E-state index contributed by atoms with van der Waals surface area (Å²) in [5.41, 5.74) is 3.98. The van der Waals surface area contributed by atoms with E-state index in [9.17, 15) is 4.79 Å². The molecule has 9 nitrogen and oxygen atoms in total. The molecular formula is C28H25N7O2. The summed E-state index contributed by atoms with van der Waals surface area (Å²) < 4.78 is 8.02. The first-order chi connectivity index (χ1) is 17.9. The molecule has 0 unspecified atom stereocenters. The molecule has 0 bridgehead atoms. The maximum absolute atomic E-state index is 12.2. The van der Waals surface area contributed by atoms with Crippen LogP contribution >= 0.6 is 0 Å². The van der Waals surface area contributed by atoms with E-state index >= 15 is 0 Å². The summed E-state index contributed by atoms with van der Waals surface area (Å²) in [5, 5.41) is 6.94. The van der Waals surface area contributed by atoms with Crippen LogP contribution in [0.15, 0.2) is 73.4 Å². The summed E-state index contributed by atoms with van der Waals surface area (Å²) >= 11 is 0. The van der Waals surface area contributed by atoms with Crippen molar-refractivity contribution in [2.24, 2.45) is 0 Å². The van der Waals surface area contributed by atoms with E-state index < -0.39 is 0 Å². The van der Waals surface area contributed by atoms with E-state index in [0.29, 0.717) is 23.8 Å². The molecule has 2 aromatic carbocycles. The maximum Gasteiger partial charge on any atom is 0.300 e. The lowest BCUT2D eigenvalue weighted by molar-refractivity contribution is -0.111. The zero-order valence-corrected chi connectivity index (χ0v) is 20.7. The average Bonchev–Trinajstić information content (AvgIpc) is 3.34. The van der Waals surface area contributed by atoms with E-state index in [4.69, 9.17) is 4.74 Å². The van der Waals surface area contributed by atoms with Gasteiger partial charge in [0.1, 0.15) is 29.3 Å². The highest BCUT2D eigenvalue weighted by Gasteiger charge is 2.09. The summed E-state index contributed by atoms with van der Waals surface area (Å²) in [6.07, 6.45) is 7.06. The number of anilines is 3. The molecule has 1 amide bonds. The van der Waals surface area contributed by atoms with Crippen LogP contribution in [0, 0.1) is 18.8 Å². The zero-order chi connectivity index (χ0) is 25.8. The lowest BCUT2D eigenvalue weighted by Gasteiger charge is -2.13. The Bertz CT molecular complexity index is 1660. The number of carbonyl (C=O) groups is 1. The van der Waals surface area contributed by atoms with Crippen molar-refractivity contribution in [1.29, 1.82) is 0 Å². The predicted molar refractivity (Wildman–Crippen MR) is 144 cm³/mol. The topological polar surface area (TPSA) is 96.7 Å². The van der Waals surface area contributed by atoms with Crippen molar-refractivity contribution >= 4 is 39.6 Å². The van der Waals surface area contributed by atoms with Crippen LogP contribution in [0.2, 0.25) is 0 Å². The number of amides is 1. The molecule has 0 saturated carbocycles.